The Morgan fingerprint density at radius 1 is 1.23 bits per heavy atom. The predicted octanol–water partition coefficient (Wildman–Crippen LogP) is 1.99. The third-order valence-electron chi connectivity index (χ3n) is 5.38. The molecule has 0 aromatic heterocycles. The largest absolute Gasteiger partial charge is 0.316 e. The van der Waals surface area contributed by atoms with Gasteiger partial charge in [-0.2, -0.15) is 4.31 Å². The number of sulfonamides is 1. The Morgan fingerprint density at radius 2 is 1.86 bits per heavy atom. The van der Waals surface area contributed by atoms with Crippen molar-refractivity contribution in [1.82, 2.24) is 9.62 Å². The zero-order valence-corrected chi connectivity index (χ0v) is 13.6. The Morgan fingerprint density at radius 3 is 2.45 bits per heavy atom. The summed E-state index contributed by atoms with van der Waals surface area (Å²) < 4.78 is 41.3. The van der Waals surface area contributed by atoms with Crippen LogP contribution in [0.5, 0.6) is 0 Å². The van der Waals surface area contributed by atoms with E-state index >= 15 is 0 Å². The van der Waals surface area contributed by atoms with Gasteiger partial charge >= 0.3 is 0 Å². The minimum atomic E-state index is -3.50. The van der Waals surface area contributed by atoms with E-state index in [1.807, 2.05) is 0 Å². The highest BCUT2D eigenvalue weighted by atomic mass is 35.5. The van der Waals surface area contributed by atoms with E-state index in [0.717, 1.165) is 25.9 Å². The second-order valence-electron chi connectivity index (χ2n) is 6.52. The second kappa shape index (κ2) is 5.16. The topological polar surface area (TPSA) is 49.4 Å². The van der Waals surface area contributed by atoms with Gasteiger partial charge in [-0.3, -0.25) is 0 Å². The fraction of sp³-hybridized carbons (Fsp3) is 0.600. The molecule has 7 heteroatoms. The zero-order valence-electron chi connectivity index (χ0n) is 12.0. The summed E-state index contributed by atoms with van der Waals surface area (Å²) in [5.41, 5.74) is 0.194. The second-order valence-corrected chi connectivity index (χ2v) is 8.83. The molecule has 3 fully saturated rings. The van der Waals surface area contributed by atoms with Crippen molar-refractivity contribution in [3.05, 3.63) is 34.6 Å². The Balaban J connectivity index is 1.62. The van der Waals surface area contributed by atoms with Gasteiger partial charge in [0.25, 0.3) is 0 Å². The smallest absolute Gasteiger partial charge is 0.218 e. The molecule has 0 amide bonds. The molecule has 3 aliphatic rings. The van der Waals surface area contributed by atoms with Crippen molar-refractivity contribution < 1.29 is 12.8 Å². The maximum absolute atomic E-state index is 13.9. The maximum atomic E-state index is 13.9. The molecule has 0 unspecified atom stereocenters. The minimum absolute atomic E-state index is 0.0883. The molecule has 1 aromatic carbocycles. The van der Waals surface area contributed by atoms with Gasteiger partial charge in [-0.25, -0.2) is 12.8 Å². The summed E-state index contributed by atoms with van der Waals surface area (Å²) in [5, 5.41) is 3.64. The Bertz CT molecular complexity index is 693. The Hall–Kier alpha value is -0.690. The maximum Gasteiger partial charge on any atom is 0.218 e. The lowest BCUT2D eigenvalue weighted by Crippen LogP contribution is -2.40. The number of nitrogens with one attached hydrogen (secondary N) is 1. The zero-order chi connectivity index (χ0) is 15.5. The average molecular weight is 345 g/mol. The highest BCUT2D eigenvalue weighted by Gasteiger charge is 2.58. The lowest BCUT2D eigenvalue weighted by molar-refractivity contribution is 0.354. The summed E-state index contributed by atoms with van der Waals surface area (Å²) in [7, 11) is -3.50. The Kier molecular flexibility index (Phi) is 3.49. The normalized spacial score (nSPS) is 34.3. The van der Waals surface area contributed by atoms with E-state index in [0.29, 0.717) is 11.8 Å². The molecule has 1 N–H and O–H groups in total. The SMILES string of the molecule is O=S(=O)(Cc1ccc(Cl)cc1F)N1[C@@H]2CC[C@H]1[C@H]1CNC[C@H]12. The molecule has 1 aromatic rings. The monoisotopic (exact) mass is 344 g/mol. The molecule has 3 saturated heterocycles. The molecule has 0 aliphatic carbocycles. The first-order chi connectivity index (χ1) is 10.5. The summed E-state index contributed by atoms with van der Waals surface area (Å²) in [6, 6.07) is 4.35. The highest BCUT2D eigenvalue weighted by molar-refractivity contribution is 7.88. The van der Waals surface area contributed by atoms with Gasteiger partial charge in [0.15, 0.2) is 0 Å². The summed E-state index contributed by atoms with van der Waals surface area (Å²) in [6.07, 6.45) is 1.85. The number of rotatable bonds is 3. The molecule has 120 valence electrons. The fourth-order valence-corrected chi connectivity index (χ4v) is 6.82. The van der Waals surface area contributed by atoms with Gasteiger partial charge < -0.3 is 5.32 Å². The molecular weight excluding hydrogens is 327 g/mol. The molecule has 0 radical (unpaired) electrons. The van der Waals surface area contributed by atoms with Crippen molar-refractivity contribution in [2.45, 2.75) is 30.7 Å². The molecule has 4 atom stereocenters. The van der Waals surface area contributed by atoms with Crippen molar-refractivity contribution in [1.29, 1.82) is 0 Å². The van der Waals surface area contributed by atoms with Crippen molar-refractivity contribution in [3.63, 3.8) is 0 Å². The summed E-state index contributed by atoms with van der Waals surface area (Å²) in [4.78, 5) is 0. The van der Waals surface area contributed by atoms with Crippen LogP contribution in [0.1, 0.15) is 18.4 Å². The third kappa shape index (κ3) is 2.19. The molecule has 3 heterocycles. The first-order valence-electron chi connectivity index (χ1n) is 7.63. The van der Waals surface area contributed by atoms with Crippen LogP contribution in [-0.2, 0) is 15.8 Å². The molecule has 22 heavy (non-hydrogen) atoms. The van der Waals surface area contributed by atoms with Crippen LogP contribution in [0.4, 0.5) is 4.39 Å². The average Bonchev–Trinajstić information content (AvgIpc) is 3.12. The van der Waals surface area contributed by atoms with Crippen LogP contribution in [0.3, 0.4) is 0 Å². The van der Waals surface area contributed by atoms with Crippen LogP contribution in [0.15, 0.2) is 18.2 Å². The molecule has 0 saturated carbocycles. The lowest BCUT2D eigenvalue weighted by atomic mass is 9.82. The number of hydrogen-bond donors (Lipinski definition) is 1. The molecule has 3 aliphatic heterocycles. The Labute approximate surface area is 134 Å². The summed E-state index contributed by atoms with van der Waals surface area (Å²) >= 11 is 5.73. The molecular formula is C15H18ClFN2O2S. The van der Waals surface area contributed by atoms with E-state index in [2.05, 4.69) is 5.32 Å². The van der Waals surface area contributed by atoms with Gasteiger partial charge in [-0.1, -0.05) is 17.7 Å². The van der Waals surface area contributed by atoms with E-state index < -0.39 is 15.8 Å². The van der Waals surface area contributed by atoms with E-state index in [4.69, 9.17) is 11.6 Å². The molecule has 2 bridgehead atoms. The van der Waals surface area contributed by atoms with Crippen molar-refractivity contribution in [2.24, 2.45) is 11.8 Å². The summed E-state index contributed by atoms with van der Waals surface area (Å²) in [5.74, 6) is 0.00670. The van der Waals surface area contributed by atoms with Crippen molar-refractivity contribution >= 4 is 21.6 Å². The van der Waals surface area contributed by atoms with Gasteiger partial charge in [0.1, 0.15) is 5.82 Å². The standard InChI is InChI=1S/C15H18ClFN2O2S/c16-10-2-1-9(13(17)5-10)8-22(20,21)19-14-3-4-15(19)12-7-18-6-11(12)14/h1-2,5,11-12,14-15,18H,3-4,6-8H2/t11-,12+,14-,15+. The van der Waals surface area contributed by atoms with E-state index in [9.17, 15) is 12.8 Å². The minimum Gasteiger partial charge on any atom is -0.316 e. The number of nitrogens with zero attached hydrogens (tertiary/aromatic N) is 1. The first-order valence-corrected chi connectivity index (χ1v) is 9.62. The van der Waals surface area contributed by atoms with Crippen LogP contribution in [0.2, 0.25) is 5.02 Å². The number of fused-ring (bicyclic) bond motifs is 5. The number of benzene rings is 1. The van der Waals surface area contributed by atoms with Gasteiger partial charge in [0, 0.05) is 22.7 Å². The van der Waals surface area contributed by atoms with Crippen molar-refractivity contribution in [3.8, 4) is 0 Å². The van der Waals surface area contributed by atoms with Crippen molar-refractivity contribution in [2.75, 3.05) is 13.1 Å². The van der Waals surface area contributed by atoms with Crippen LogP contribution >= 0.6 is 11.6 Å². The number of hydrogen-bond acceptors (Lipinski definition) is 3. The van der Waals surface area contributed by atoms with Gasteiger partial charge in [0.05, 0.1) is 5.75 Å². The van der Waals surface area contributed by atoms with Gasteiger partial charge in [-0.15, -0.1) is 0 Å². The molecule has 4 rings (SSSR count). The van der Waals surface area contributed by atoms with Crippen LogP contribution in [0, 0.1) is 17.7 Å². The van der Waals surface area contributed by atoms with E-state index in [1.54, 1.807) is 4.31 Å². The summed E-state index contributed by atoms with van der Waals surface area (Å²) in [6.45, 7) is 1.79. The van der Waals surface area contributed by atoms with E-state index in [1.165, 1.54) is 18.2 Å². The highest BCUT2D eigenvalue weighted by Crippen LogP contribution is 2.49. The number of halogens is 2. The van der Waals surface area contributed by atoms with Gasteiger partial charge in [-0.05, 0) is 49.9 Å². The van der Waals surface area contributed by atoms with Crippen LogP contribution in [-0.4, -0.2) is 37.9 Å². The van der Waals surface area contributed by atoms with Gasteiger partial charge in [0.2, 0.25) is 10.0 Å². The molecule has 4 nitrogen and oxygen atoms in total. The van der Waals surface area contributed by atoms with E-state index in [-0.39, 0.29) is 28.4 Å². The molecule has 0 spiro atoms. The predicted molar refractivity (Wildman–Crippen MR) is 82.5 cm³/mol. The quantitative estimate of drug-likeness (QED) is 0.912. The van der Waals surface area contributed by atoms with Crippen LogP contribution in [0.25, 0.3) is 0 Å². The first kappa shape index (κ1) is 14.9. The third-order valence-corrected chi connectivity index (χ3v) is 7.48. The fourth-order valence-electron chi connectivity index (χ4n) is 4.53. The van der Waals surface area contributed by atoms with Crippen LogP contribution < -0.4 is 5.32 Å². The lowest BCUT2D eigenvalue weighted by Gasteiger charge is -2.24.